The van der Waals surface area contributed by atoms with Crippen LogP contribution in [0.1, 0.15) is 13.8 Å². The molecule has 2 rings (SSSR count). The van der Waals surface area contributed by atoms with E-state index in [1.165, 1.54) is 0 Å². The molecular weight excluding hydrogens is 318 g/mol. The van der Waals surface area contributed by atoms with Gasteiger partial charge in [0, 0.05) is 12.1 Å². The first-order chi connectivity index (χ1) is 9.09. The smallest absolute Gasteiger partial charge is 0.209 e. The summed E-state index contributed by atoms with van der Waals surface area (Å²) in [6, 6.07) is 5.50. The maximum Gasteiger partial charge on any atom is 0.209 e. The van der Waals surface area contributed by atoms with E-state index in [-0.39, 0.29) is 0 Å². The molecule has 0 spiro atoms. The van der Waals surface area contributed by atoms with Gasteiger partial charge in [-0.3, -0.25) is 0 Å². The van der Waals surface area contributed by atoms with Gasteiger partial charge in [0.1, 0.15) is 0 Å². The molecule has 20 heavy (non-hydrogen) atoms. The van der Waals surface area contributed by atoms with Gasteiger partial charge in [0.15, 0.2) is 4.77 Å². The van der Waals surface area contributed by atoms with E-state index in [1.807, 2.05) is 16.7 Å². The number of benzene rings is 1. The van der Waals surface area contributed by atoms with Crippen molar-refractivity contribution in [1.82, 2.24) is 14.3 Å². The Hall–Kier alpha value is -0.890. The van der Waals surface area contributed by atoms with E-state index in [1.54, 1.807) is 19.9 Å². The summed E-state index contributed by atoms with van der Waals surface area (Å²) >= 11 is 11.4. The van der Waals surface area contributed by atoms with E-state index >= 15 is 0 Å². The second-order valence-corrected chi connectivity index (χ2v) is 7.95. The Bertz CT molecular complexity index is 806. The summed E-state index contributed by atoms with van der Waals surface area (Å²) in [5.41, 5.74) is 0.948. The molecular formula is C12H16ClN3O2S2. The summed E-state index contributed by atoms with van der Waals surface area (Å²) in [6.45, 7) is 4.01. The average molecular weight is 334 g/mol. The lowest BCUT2D eigenvalue weighted by atomic mass is 10.1. The van der Waals surface area contributed by atoms with Gasteiger partial charge in [0.05, 0.1) is 22.3 Å². The Labute approximate surface area is 128 Å². The topological polar surface area (TPSA) is 66.9 Å². The minimum atomic E-state index is -3.29. The molecule has 1 aromatic carbocycles. The van der Waals surface area contributed by atoms with E-state index < -0.39 is 15.6 Å². The van der Waals surface area contributed by atoms with Gasteiger partial charge in [-0.15, -0.1) is 0 Å². The van der Waals surface area contributed by atoms with E-state index in [9.17, 15) is 8.42 Å². The molecule has 0 saturated carbocycles. The van der Waals surface area contributed by atoms with Crippen molar-refractivity contribution in [3.05, 3.63) is 28.0 Å². The number of hydrogen-bond donors (Lipinski definition) is 2. The van der Waals surface area contributed by atoms with Crippen molar-refractivity contribution in [2.45, 2.75) is 25.9 Å². The Morgan fingerprint density at radius 1 is 1.45 bits per heavy atom. The Morgan fingerprint density at radius 2 is 2.10 bits per heavy atom. The van der Waals surface area contributed by atoms with E-state index in [2.05, 4.69) is 9.71 Å². The number of sulfonamides is 1. The first-order valence-electron chi connectivity index (χ1n) is 5.95. The van der Waals surface area contributed by atoms with Crippen molar-refractivity contribution < 1.29 is 8.42 Å². The summed E-state index contributed by atoms with van der Waals surface area (Å²) < 4.78 is 27.8. The minimum absolute atomic E-state index is 0.402. The van der Waals surface area contributed by atoms with Crippen LogP contribution in [0.2, 0.25) is 5.02 Å². The number of rotatable bonds is 4. The fourth-order valence-corrected chi connectivity index (χ4v) is 3.78. The molecule has 1 heterocycles. The average Bonchev–Trinajstić information content (AvgIpc) is 2.54. The van der Waals surface area contributed by atoms with Crippen LogP contribution in [-0.4, -0.2) is 29.8 Å². The monoisotopic (exact) mass is 333 g/mol. The number of para-hydroxylation sites is 1. The number of nitrogens with zero attached hydrogens (tertiary/aromatic N) is 1. The fraction of sp³-hybridized carbons (Fsp3) is 0.417. The highest BCUT2D eigenvalue weighted by atomic mass is 35.5. The maximum atomic E-state index is 11.4. The molecule has 0 bridgehead atoms. The van der Waals surface area contributed by atoms with Gasteiger partial charge < -0.3 is 9.55 Å². The SMILES string of the molecule is CC(C)(Cn1c(=S)[nH]c2c(Cl)cccc21)NS(C)(=O)=O. The molecule has 0 saturated heterocycles. The molecule has 0 amide bonds. The molecule has 8 heteroatoms. The summed E-state index contributed by atoms with van der Waals surface area (Å²) in [6.07, 6.45) is 1.14. The summed E-state index contributed by atoms with van der Waals surface area (Å²) in [5.74, 6) is 0. The molecule has 110 valence electrons. The van der Waals surface area contributed by atoms with Gasteiger partial charge >= 0.3 is 0 Å². The first-order valence-corrected chi connectivity index (χ1v) is 8.63. The highest BCUT2D eigenvalue weighted by Crippen LogP contribution is 2.24. The lowest BCUT2D eigenvalue weighted by molar-refractivity contribution is 0.394. The van der Waals surface area contributed by atoms with Crippen LogP contribution in [0.4, 0.5) is 0 Å². The van der Waals surface area contributed by atoms with Gasteiger partial charge in [-0.25, -0.2) is 13.1 Å². The van der Waals surface area contributed by atoms with Crippen molar-refractivity contribution in [3.63, 3.8) is 0 Å². The van der Waals surface area contributed by atoms with Crippen molar-refractivity contribution in [2.24, 2.45) is 0 Å². The number of hydrogen-bond acceptors (Lipinski definition) is 3. The molecule has 0 atom stereocenters. The predicted molar refractivity (Wildman–Crippen MR) is 84.2 cm³/mol. The number of nitrogens with one attached hydrogen (secondary N) is 2. The zero-order valence-corrected chi connectivity index (χ0v) is 13.8. The van der Waals surface area contributed by atoms with Gasteiger partial charge in [-0.05, 0) is 38.2 Å². The van der Waals surface area contributed by atoms with Gasteiger partial charge in [-0.1, -0.05) is 17.7 Å². The lowest BCUT2D eigenvalue weighted by Gasteiger charge is -2.25. The van der Waals surface area contributed by atoms with Crippen LogP contribution in [0.25, 0.3) is 11.0 Å². The van der Waals surface area contributed by atoms with Crippen molar-refractivity contribution in [3.8, 4) is 0 Å². The Morgan fingerprint density at radius 3 is 2.70 bits per heavy atom. The zero-order valence-electron chi connectivity index (χ0n) is 11.4. The van der Waals surface area contributed by atoms with Gasteiger partial charge in [-0.2, -0.15) is 0 Å². The van der Waals surface area contributed by atoms with Crippen LogP contribution >= 0.6 is 23.8 Å². The third kappa shape index (κ3) is 3.41. The van der Waals surface area contributed by atoms with Crippen LogP contribution in [0.3, 0.4) is 0 Å². The molecule has 0 unspecified atom stereocenters. The Balaban J connectivity index is 2.47. The van der Waals surface area contributed by atoms with Gasteiger partial charge in [0.2, 0.25) is 10.0 Å². The van der Waals surface area contributed by atoms with Crippen LogP contribution in [-0.2, 0) is 16.6 Å². The number of imidazole rings is 1. The first kappa shape index (κ1) is 15.5. The molecule has 0 radical (unpaired) electrons. The lowest BCUT2D eigenvalue weighted by Crippen LogP contribution is -2.46. The highest BCUT2D eigenvalue weighted by Gasteiger charge is 2.24. The highest BCUT2D eigenvalue weighted by molar-refractivity contribution is 7.88. The fourth-order valence-electron chi connectivity index (χ4n) is 2.23. The van der Waals surface area contributed by atoms with E-state index in [0.717, 1.165) is 17.3 Å². The summed E-state index contributed by atoms with van der Waals surface area (Å²) in [4.78, 5) is 3.05. The van der Waals surface area contributed by atoms with Crippen LogP contribution in [0.15, 0.2) is 18.2 Å². The zero-order chi connectivity index (χ0) is 15.1. The number of H-pyrrole nitrogens is 1. The van der Waals surface area contributed by atoms with E-state index in [4.69, 9.17) is 23.8 Å². The standard InChI is InChI=1S/C12H16ClN3O2S2/c1-12(2,15-20(3,17)18)7-16-9-6-4-5-8(13)10(9)14-11(16)19/h4-6,15H,7H2,1-3H3,(H,14,19). The maximum absolute atomic E-state index is 11.4. The normalized spacial score (nSPS) is 13.0. The van der Waals surface area contributed by atoms with Crippen molar-refractivity contribution in [2.75, 3.05) is 6.26 Å². The third-order valence-electron chi connectivity index (χ3n) is 2.77. The van der Waals surface area contributed by atoms with Crippen LogP contribution in [0, 0.1) is 4.77 Å². The summed E-state index contributed by atoms with van der Waals surface area (Å²) in [5, 5.41) is 0.584. The minimum Gasteiger partial charge on any atom is -0.329 e. The third-order valence-corrected chi connectivity index (χ3v) is 4.34. The molecule has 1 aromatic heterocycles. The largest absolute Gasteiger partial charge is 0.329 e. The number of aromatic nitrogens is 2. The van der Waals surface area contributed by atoms with Crippen molar-refractivity contribution >= 4 is 44.9 Å². The van der Waals surface area contributed by atoms with Crippen LogP contribution in [0.5, 0.6) is 0 Å². The number of fused-ring (bicyclic) bond motifs is 1. The second kappa shape index (κ2) is 5.14. The Kier molecular flexibility index (Phi) is 3.98. The molecule has 0 aliphatic heterocycles. The second-order valence-electron chi connectivity index (χ2n) is 5.41. The molecule has 2 aromatic rings. The predicted octanol–water partition coefficient (Wildman–Crippen LogP) is 2.68. The molecule has 0 aliphatic rings. The molecule has 2 N–H and O–H groups in total. The quantitative estimate of drug-likeness (QED) is 0.845. The molecule has 0 aliphatic carbocycles. The van der Waals surface area contributed by atoms with Crippen molar-refractivity contribution in [1.29, 1.82) is 0 Å². The van der Waals surface area contributed by atoms with E-state index in [0.29, 0.717) is 16.3 Å². The molecule has 0 fully saturated rings. The molecule has 5 nitrogen and oxygen atoms in total. The van der Waals surface area contributed by atoms with Crippen LogP contribution < -0.4 is 4.72 Å². The number of aromatic amines is 1. The summed E-state index contributed by atoms with van der Waals surface area (Å²) in [7, 11) is -3.29. The van der Waals surface area contributed by atoms with Gasteiger partial charge in [0.25, 0.3) is 0 Å². The number of halogens is 1.